The Morgan fingerprint density at radius 3 is 2.88 bits per heavy atom. The predicted molar refractivity (Wildman–Crippen MR) is 62.3 cm³/mol. The summed E-state index contributed by atoms with van der Waals surface area (Å²) >= 11 is 0. The fourth-order valence-electron chi connectivity index (χ4n) is 1.34. The zero-order valence-electron chi connectivity index (χ0n) is 9.35. The zero-order valence-corrected chi connectivity index (χ0v) is 9.35. The summed E-state index contributed by atoms with van der Waals surface area (Å²) in [5.74, 6) is 0.207. The molecule has 1 heterocycles. The van der Waals surface area contributed by atoms with Gasteiger partial charge in [-0.15, -0.1) is 0 Å². The van der Waals surface area contributed by atoms with Crippen LogP contribution in [0.5, 0.6) is 11.6 Å². The van der Waals surface area contributed by atoms with Crippen molar-refractivity contribution in [3.63, 3.8) is 0 Å². The van der Waals surface area contributed by atoms with Gasteiger partial charge in [0.2, 0.25) is 5.88 Å². The van der Waals surface area contributed by atoms with E-state index in [1.807, 2.05) is 6.92 Å². The van der Waals surface area contributed by atoms with Crippen molar-refractivity contribution in [3.8, 4) is 11.6 Å². The minimum Gasteiger partial charge on any atom is -0.437 e. The first-order valence-corrected chi connectivity index (χ1v) is 5.23. The van der Waals surface area contributed by atoms with Crippen LogP contribution in [0.25, 0.3) is 0 Å². The summed E-state index contributed by atoms with van der Waals surface area (Å²) < 4.78 is 18.4. The van der Waals surface area contributed by atoms with E-state index in [0.717, 1.165) is 12.1 Å². The first-order valence-electron chi connectivity index (χ1n) is 5.23. The molecule has 0 aliphatic rings. The molecule has 0 unspecified atom stereocenters. The highest BCUT2D eigenvalue weighted by atomic mass is 19.1. The molecule has 0 bridgehead atoms. The predicted octanol–water partition coefficient (Wildman–Crippen LogP) is 2.55. The third-order valence-corrected chi connectivity index (χ3v) is 2.25. The third kappa shape index (κ3) is 2.69. The maximum Gasteiger partial charge on any atom is 0.222 e. The minimum atomic E-state index is -0.404. The molecule has 0 aliphatic heterocycles. The lowest BCUT2D eigenvalue weighted by Gasteiger charge is -2.07. The van der Waals surface area contributed by atoms with Crippen LogP contribution in [0.15, 0.2) is 30.6 Å². The van der Waals surface area contributed by atoms with Gasteiger partial charge < -0.3 is 10.5 Å². The quantitative estimate of drug-likeness (QED) is 0.827. The van der Waals surface area contributed by atoms with E-state index in [1.54, 1.807) is 6.07 Å². The zero-order chi connectivity index (χ0) is 12.3. The number of halogens is 1. The van der Waals surface area contributed by atoms with Crippen LogP contribution in [-0.4, -0.2) is 9.97 Å². The molecule has 0 amide bonds. The number of nitrogen functional groups attached to an aromatic ring is 1. The van der Waals surface area contributed by atoms with Gasteiger partial charge in [0.1, 0.15) is 12.1 Å². The van der Waals surface area contributed by atoms with Crippen molar-refractivity contribution in [2.45, 2.75) is 13.3 Å². The molecular weight excluding hydrogens is 221 g/mol. The van der Waals surface area contributed by atoms with E-state index >= 15 is 0 Å². The van der Waals surface area contributed by atoms with Gasteiger partial charge in [-0.3, -0.25) is 0 Å². The topological polar surface area (TPSA) is 61.0 Å². The number of hydrogen-bond acceptors (Lipinski definition) is 4. The van der Waals surface area contributed by atoms with Crippen LogP contribution in [0.1, 0.15) is 12.6 Å². The molecule has 2 rings (SSSR count). The van der Waals surface area contributed by atoms with Gasteiger partial charge in [0.15, 0.2) is 5.75 Å². The van der Waals surface area contributed by atoms with E-state index < -0.39 is 5.82 Å². The van der Waals surface area contributed by atoms with Crippen molar-refractivity contribution in [1.29, 1.82) is 0 Å². The smallest absolute Gasteiger partial charge is 0.222 e. The van der Waals surface area contributed by atoms with Gasteiger partial charge in [0.25, 0.3) is 0 Å². The number of nitrogens with two attached hydrogens (primary N) is 1. The summed E-state index contributed by atoms with van der Waals surface area (Å²) in [4.78, 5) is 7.99. The second-order valence-electron chi connectivity index (χ2n) is 3.49. The van der Waals surface area contributed by atoms with Gasteiger partial charge in [-0.25, -0.2) is 14.4 Å². The van der Waals surface area contributed by atoms with Crippen molar-refractivity contribution in [3.05, 3.63) is 42.1 Å². The Morgan fingerprint density at radius 2 is 2.12 bits per heavy atom. The molecule has 0 saturated heterocycles. The molecule has 0 atom stereocenters. The Balaban J connectivity index is 2.27. The highest BCUT2D eigenvalue weighted by Gasteiger charge is 2.05. The van der Waals surface area contributed by atoms with Crippen molar-refractivity contribution in [2.24, 2.45) is 0 Å². The summed E-state index contributed by atoms with van der Waals surface area (Å²) in [6.07, 6.45) is 2.18. The third-order valence-electron chi connectivity index (χ3n) is 2.25. The Hall–Kier alpha value is -2.17. The maximum atomic E-state index is 13.0. The number of ether oxygens (including phenoxy) is 1. The van der Waals surface area contributed by atoms with Crippen LogP contribution >= 0.6 is 0 Å². The first-order chi connectivity index (χ1) is 8.19. The Bertz CT molecular complexity index is 531. The standard InChI is InChI=1S/C12H12FN3O/c1-2-9-6-12(16-7-15-9)17-11-5-8(13)3-4-10(11)14/h3-7H,2,14H2,1H3. The van der Waals surface area contributed by atoms with Crippen molar-refractivity contribution < 1.29 is 9.13 Å². The van der Waals surface area contributed by atoms with E-state index in [2.05, 4.69) is 9.97 Å². The van der Waals surface area contributed by atoms with Crippen LogP contribution in [0.3, 0.4) is 0 Å². The molecule has 1 aromatic carbocycles. The van der Waals surface area contributed by atoms with Crippen molar-refractivity contribution in [1.82, 2.24) is 9.97 Å². The molecule has 17 heavy (non-hydrogen) atoms. The molecule has 4 nitrogen and oxygen atoms in total. The fraction of sp³-hybridized carbons (Fsp3) is 0.167. The van der Waals surface area contributed by atoms with Gasteiger partial charge in [-0.2, -0.15) is 0 Å². The molecule has 0 saturated carbocycles. The largest absolute Gasteiger partial charge is 0.437 e. The van der Waals surface area contributed by atoms with Gasteiger partial charge >= 0.3 is 0 Å². The number of rotatable bonds is 3. The highest BCUT2D eigenvalue weighted by molar-refractivity contribution is 5.53. The van der Waals surface area contributed by atoms with Crippen LogP contribution in [0.4, 0.5) is 10.1 Å². The van der Waals surface area contributed by atoms with Crippen LogP contribution in [-0.2, 0) is 6.42 Å². The van der Waals surface area contributed by atoms with Crippen LogP contribution < -0.4 is 10.5 Å². The summed E-state index contributed by atoms with van der Waals surface area (Å²) in [6, 6.07) is 5.65. The number of aromatic nitrogens is 2. The summed E-state index contributed by atoms with van der Waals surface area (Å²) in [5, 5.41) is 0. The number of anilines is 1. The maximum absolute atomic E-state index is 13.0. The minimum absolute atomic E-state index is 0.255. The lowest BCUT2D eigenvalue weighted by Crippen LogP contribution is -1.96. The molecule has 0 fully saturated rings. The molecule has 5 heteroatoms. The molecule has 2 aromatic rings. The van der Waals surface area contributed by atoms with E-state index in [9.17, 15) is 4.39 Å². The lowest BCUT2D eigenvalue weighted by atomic mass is 10.3. The average Bonchev–Trinajstić information content (AvgIpc) is 2.34. The molecule has 0 spiro atoms. The Morgan fingerprint density at radius 1 is 1.29 bits per heavy atom. The number of benzene rings is 1. The monoisotopic (exact) mass is 233 g/mol. The SMILES string of the molecule is CCc1cc(Oc2cc(F)ccc2N)ncn1. The van der Waals surface area contributed by atoms with Crippen molar-refractivity contribution >= 4 is 5.69 Å². The van der Waals surface area contributed by atoms with E-state index in [1.165, 1.54) is 24.5 Å². The fourth-order valence-corrected chi connectivity index (χ4v) is 1.34. The molecule has 0 radical (unpaired) electrons. The second kappa shape index (κ2) is 4.78. The summed E-state index contributed by atoms with van der Waals surface area (Å²) in [6.45, 7) is 1.97. The van der Waals surface area contributed by atoms with E-state index in [0.29, 0.717) is 11.6 Å². The highest BCUT2D eigenvalue weighted by Crippen LogP contribution is 2.26. The molecule has 88 valence electrons. The summed E-state index contributed by atoms with van der Waals surface area (Å²) in [5.41, 5.74) is 6.89. The molecular formula is C12H12FN3O. The van der Waals surface area contributed by atoms with Crippen LogP contribution in [0, 0.1) is 5.82 Å². The molecule has 1 aromatic heterocycles. The van der Waals surface area contributed by atoms with Gasteiger partial charge in [0.05, 0.1) is 5.69 Å². The van der Waals surface area contributed by atoms with Gasteiger partial charge in [0, 0.05) is 17.8 Å². The second-order valence-corrected chi connectivity index (χ2v) is 3.49. The molecule has 0 aliphatic carbocycles. The number of nitrogens with zero attached hydrogens (tertiary/aromatic N) is 2. The van der Waals surface area contributed by atoms with E-state index in [4.69, 9.17) is 10.5 Å². The Kier molecular flexibility index (Phi) is 3.18. The van der Waals surface area contributed by atoms with Gasteiger partial charge in [-0.1, -0.05) is 6.92 Å². The van der Waals surface area contributed by atoms with E-state index in [-0.39, 0.29) is 5.75 Å². The number of aryl methyl sites for hydroxylation is 1. The number of hydrogen-bond donors (Lipinski definition) is 1. The van der Waals surface area contributed by atoms with Gasteiger partial charge in [-0.05, 0) is 18.6 Å². The normalized spacial score (nSPS) is 10.2. The van der Waals surface area contributed by atoms with Crippen LogP contribution in [0.2, 0.25) is 0 Å². The molecule has 2 N–H and O–H groups in total. The lowest BCUT2D eigenvalue weighted by molar-refractivity contribution is 0.458. The average molecular weight is 233 g/mol. The Labute approximate surface area is 98.3 Å². The first kappa shape index (κ1) is 11.3. The summed E-state index contributed by atoms with van der Waals surface area (Å²) in [7, 11) is 0. The van der Waals surface area contributed by atoms with Crippen molar-refractivity contribution in [2.75, 3.05) is 5.73 Å².